The van der Waals surface area contributed by atoms with E-state index in [2.05, 4.69) is 5.32 Å². The Hall–Kier alpha value is -1.35. The predicted molar refractivity (Wildman–Crippen MR) is 63.8 cm³/mol. The van der Waals surface area contributed by atoms with Crippen LogP contribution in [-0.4, -0.2) is 18.3 Å². The van der Waals surface area contributed by atoms with Crippen LogP contribution in [0.5, 0.6) is 0 Å². The molecule has 4 heteroatoms. The second-order valence-corrected chi connectivity index (χ2v) is 3.60. The fourth-order valence-corrected chi connectivity index (χ4v) is 1.22. The average molecular weight is 242 g/mol. The Morgan fingerprint density at radius 3 is 2.69 bits per heavy atom. The molecule has 1 N–H and O–H groups in total. The number of nitrogens with one attached hydrogen (secondary N) is 1. The van der Waals surface area contributed by atoms with Crippen molar-refractivity contribution in [3.05, 3.63) is 41.7 Å². The molecule has 0 saturated heterocycles. The van der Waals surface area contributed by atoms with Gasteiger partial charge in [-0.05, 0) is 30.2 Å². The van der Waals surface area contributed by atoms with Gasteiger partial charge >= 0.3 is 0 Å². The lowest BCUT2D eigenvalue weighted by Gasteiger charge is -1.98. The molecule has 16 heavy (non-hydrogen) atoms. The minimum atomic E-state index is -0.288. The van der Waals surface area contributed by atoms with Crippen LogP contribution < -0.4 is 5.32 Å². The topological polar surface area (TPSA) is 29.1 Å². The van der Waals surface area contributed by atoms with Crippen LogP contribution in [0.4, 0.5) is 4.39 Å². The third kappa shape index (κ3) is 4.94. The molecular formula is C12H13ClFNO. The van der Waals surface area contributed by atoms with Gasteiger partial charge in [-0.15, -0.1) is 11.6 Å². The summed E-state index contributed by atoms with van der Waals surface area (Å²) in [5, 5.41) is 2.68. The molecule has 0 aliphatic carbocycles. The molecule has 0 heterocycles. The number of alkyl halides is 1. The lowest BCUT2D eigenvalue weighted by atomic mass is 10.2. The molecule has 0 fully saturated rings. The van der Waals surface area contributed by atoms with Gasteiger partial charge in [-0.1, -0.05) is 12.1 Å². The van der Waals surface area contributed by atoms with Crippen LogP contribution in [0, 0.1) is 5.82 Å². The van der Waals surface area contributed by atoms with Gasteiger partial charge in [-0.3, -0.25) is 4.79 Å². The lowest BCUT2D eigenvalue weighted by molar-refractivity contribution is -0.116. The number of carbonyl (C=O) groups is 1. The Balaban J connectivity index is 2.41. The van der Waals surface area contributed by atoms with Crippen molar-refractivity contribution in [2.45, 2.75) is 6.42 Å². The number of hydrogen-bond acceptors (Lipinski definition) is 1. The van der Waals surface area contributed by atoms with Crippen LogP contribution in [0.2, 0.25) is 0 Å². The monoisotopic (exact) mass is 241 g/mol. The Morgan fingerprint density at radius 1 is 1.38 bits per heavy atom. The first kappa shape index (κ1) is 12.7. The molecular weight excluding hydrogens is 229 g/mol. The summed E-state index contributed by atoms with van der Waals surface area (Å²) in [6.07, 6.45) is 3.80. The smallest absolute Gasteiger partial charge is 0.243 e. The van der Waals surface area contributed by atoms with Crippen molar-refractivity contribution in [2.24, 2.45) is 0 Å². The van der Waals surface area contributed by atoms with Crippen LogP contribution >= 0.6 is 11.6 Å². The molecule has 2 nitrogen and oxygen atoms in total. The molecule has 1 aromatic carbocycles. The highest BCUT2D eigenvalue weighted by molar-refractivity contribution is 6.17. The van der Waals surface area contributed by atoms with Gasteiger partial charge in [0.1, 0.15) is 5.82 Å². The molecule has 1 amide bonds. The summed E-state index contributed by atoms with van der Waals surface area (Å²) >= 11 is 5.47. The molecule has 86 valence electrons. The third-order valence-electron chi connectivity index (χ3n) is 1.91. The van der Waals surface area contributed by atoms with Gasteiger partial charge in [0.25, 0.3) is 0 Å². The number of carbonyl (C=O) groups excluding carboxylic acids is 1. The molecule has 1 rings (SSSR count). The van der Waals surface area contributed by atoms with Gasteiger partial charge in [-0.2, -0.15) is 0 Å². The van der Waals surface area contributed by atoms with Crippen molar-refractivity contribution in [2.75, 3.05) is 12.4 Å². The van der Waals surface area contributed by atoms with E-state index < -0.39 is 0 Å². The maximum atomic E-state index is 12.6. The molecule has 0 unspecified atom stereocenters. The first-order chi connectivity index (χ1) is 7.72. The van der Waals surface area contributed by atoms with Gasteiger partial charge in [0, 0.05) is 18.5 Å². The van der Waals surface area contributed by atoms with Gasteiger partial charge < -0.3 is 5.32 Å². The van der Waals surface area contributed by atoms with E-state index in [-0.39, 0.29) is 11.7 Å². The second-order valence-electron chi connectivity index (χ2n) is 3.22. The van der Waals surface area contributed by atoms with Crippen molar-refractivity contribution in [3.8, 4) is 0 Å². The van der Waals surface area contributed by atoms with E-state index in [1.54, 1.807) is 18.2 Å². The van der Waals surface area contributed by atoms with E-state index in [4.69, 9.17) is 11.6 Å². The van der Waals surface area contributed by atoms with Gasteiger partial charge in [0.2, 0.25) is 5.91 Å². The highest BCUT2D eigenvalue weighted by atomic mass is 35.5. The molecule has 1 aromatic rings. The summed E-state index contributed by atoms with van der Waals surface area (Å²) in [6, 6.07) is 5.92. The summed E-state index contributed by atoms with van der Waals surface area (Å²) in [6.45, 7) is 0.566. The van der Waals surface area contributed by atoms with Crippen molar-refractivity contribution >= 4 is 23.6 Å². The zero-order valence-electron chi connectivity index (χ0n) is 8.75. The van der Waals surface area contributed by atoms with Crippen molar-refractivity contribution in [3.63, 3.8) is 0 Å². The van der Waals surface area contributed by atoms with Crippen LogP contribution in [0.3, 0.4) is 0 Å². The van der Waals surface area contributed by atoms with Gasteiger partial charge in [-0.25, -0.2) is 4.39 Å². The Labute approximate surface area is 99.1 Å². The maximum absolute atomic E-state index is 12.6. The van der Waals surface area contributed by atoms with Gasteiger partial charge in [0.15, 0.2) is 0 Å². The average Bonchev–Trinajstić information content (AvgIpc) is 2.29. The zero-order chi connectivity index (χ0) is 11.8. The SMILES string of the molecule is O=C(C=Cc1ccc(F)cc1)NCCCCl. The zero-order valence-corrected chi connectivity index (χ0v) is 9.51. The predicted octanol–water partition coefficient (Wildman–Crippen LogP) is 2.58. The first-order valence-electron chi connectivity index (χ1n) is 5.00. The quantitative estimate of drug-likeness (QED) is 0.479. The number of halogens is 2. The van der Waals surface area contributed by atoms with E-state index in [1.165, 1.54) is 18.2 Å². The van der Waals surface area contributed by atoms with Gasteiger partial charge in [0.05, 0.1) is 0 Å². The van der Waals surface area contributed by atoms with E-state index in [1.807, 2.05) is 0 Å². The van der Waals surface area contributed by atoms with E-state index in [0.29, 0.717) is 12.4 Å². The number of benzene rings is 1. The molecule has 0 aliphatic rings. The van der Waals surface area contributed by atoms with Crippen LogP contribution in [0.25, 0.3) is 6.08 Å². The molecule has 0 spiro atoms. The lowest BCUT2D eigenvalue weighted by Crippen LogP contribution is -2.22. The molecule has 0 aromatic heterocycles. The normalized spacial score (nSPS) is 10.6. The minimum Gasteiger partial charge on any atom is -0.353 e. The summed E-state index contributed by atoms with van der Waals surface area (Å²) < 4.78 is 12.6. The highest BCUT2D eigenvalue weighted by Crippen LogP contribution is 2.04. The summed E-state index contributed by atoms with van der Waals surface area (Å²) in [7, 11) is 0. The standard InChI is InChI=1S/C12H13ClFNO/c13-8-1-9-15-12(16)7-4-10-2-5-11(14)6-3-10/h2-7H,1,8-9H2,(H,15,16). The Morgan fingerprint density at radius 2 is 2.06 bits per heavy atom. The third-order valence-corrected chi connectivity index (χ3v) is 2.17. The Bertz CT molecular complexity index is 362. The Kier molecular flexibility index (Phi) is 5.57. The molecule has 0 aliphatic heterocycles. The first-order valence-corrected chi connectivity index (χ1v) is 5.53. The second kappa shape index (κ2) is 7.01. The summed E-state index contributed by atoms with van der Waals surface area (Å²) in [4.78, 5) is 11.2. The number of amides is 1. The summed E-state index contributed by atoms with van der Waals surface area (Å²) in [5.41, 5.74) is 0.786. The number of hydrogen-bond donors (Lipinski definition) is 1. The van der Waals surface area contributed by atoms with Crippen LogP contribution in [-0.2, 0) is 4.79 Å². The molecule has 0 bridgehead atoms. The maximum Gasteiger partial charge on any atom is 0.243 e. The van der Waals surface area contributed by atoms with Crippen molar-refractivity contribution < 1.29 is 9.18 Å². The highest BCUT2D eigenvalue weighted by Gasteiger charge is 1.94. The largest absolute Gasteiger partial charge is 0.353 e. The van der Waals surface area contributed by atoms with E-state index in [9.17, 15) is 9.18 Å². The van der Waals surface area contributed by atoms with Crippen LogP contribution in [0.15, 0.2) is 30.3 Å². The van der Waals surface area contributed by atoms with E-state index in [0.717, 1.165) is 12.0 Å². The fourth-order valence-electron chi connectivity index (χ4n) is 1.08. The molecule has 0 atom stereocenters. The summed E-state index contributed by atoms with van der Waals surface area (Å²) in [5.74, 6) is 0.0697. The van der Waals surface area contributed by atoms with Crippen LogP contribution in [0.1, 0.15) is 12.0 Å². The molecule has 0 saturated carbocycles. The van der Waals surface area contributed by atoms with Crippen molar-refractivity contribution in [1.82, 2.24) is 5.32 Å². The number of rotatable bonds is 5. The van der Waals surface area contributed by atoms with E-state index >= 15 is 0 Å². The van der Waals surface area contributed by atoms with Crippen molar-refractivity contribution in [1.29, 1.82) is 0 Å². The fraction of sp³-hybridized carbons (Fsp3) is 0.250. The minimum absolute atomic E-state index is 0.172. The molecule has 0 radical (unpaired) electrons.